The van der Waals surface area contributed by atoms with Gasteiger partial charge in [0.2, 0.25) is 5.91 Å². The van der Waals surface area contributed by atoms with Crippen molar-refractivity contribution in [2.45, 2.75) is 26.3 Å². The molecule has 0 aliphatic carbocycles. The smallest absolute Gasteiger partial charge is 0.268 e. The number of hydrogen-bond acceptors (Lipinski definition) is 4. The Morgan fingerprint density at radius 3 is 2.67 bits per heavy atom. The van der Waals surface area contributed by atoms with E-state index in [1.807, 2.05) is 37.3 Å². The second-order valence-corrected chi connectivity index (χ2v) is 7.90. The normalized spacial score (nSPS) is 13.8. The lowest BCUT2D eigenvalue weighted by atomic mass is 10.1. The van der Waals surface area contributed by atoms with E-state index in [1.54, 1.807) is 35.2 Å². The number of nitrogens with one attached hydrogen (secondary N) is 2. The van der Waals surface area contributed by atoms with E-state index in [0.29, 0.717) is 24.3 Å². The first-order valence-corrected chi connectivity index (χ1v) is 10.8. The minimum Gasteiger partial charge on any atom is -0.465 e. The number of amides is 3. The van der Waals surface area contributed by atoms with Crippen molar-refractivity contribution in [2.24, 2.45) is 0 Å². The maximum absolute atomic E-state index is 13.0. The maximum Gasteiger partial charge on any atom is 0.268 e. The summed E-state index contributed by atoms with van der Waals surface area (Å²) in [4.78, 5) is 39.5. The van der Waals surface area contributed by atoms with Crippen LogP contribution in [0.4, 0.5) is 5.69 Å². The van der Waals surface area contributed by atoms with Crippen LogP contribution in [0.2, 0.25) is 0 Å². The predicted octanol–water partition coefficient (Wildman–Crippen LogP) is 3.80. The summed E-state index contributed by atoms with van der Waals surface area (Å²) >= 11 is 0. The van der Waals surface area contributed by atoms with Crippen LogP contribution in [-0.2, 0) is 16.1 Å². The van der Waals surface area contributed by atoms with Crippen LogP contribution in [0.1, 0.15) is 40.1 Å². The summed E-state index contributed by atoms with van der Waals surface area (Å²) in [7, 11) is 0. The molecular weight excluding hydrogens is 418 g/mol. The van der Waals surface area contributed by atoms with Crippen LogP contribution in [0.3, 0.4) is 0 Å². The fraction of sp³-hybridized carbons (Fsp3) is 0.192. The van der Waals surface area contributed by atoms with Gasteiger partial charge in [-0.15, -0.1) is 0 Å². The molecule has 0 atom stereocenters. The van der Waals surface area contributed by atoms with Gasteiger partial charge in [0, 0.05) is 36.8 Å². The van der Waals surface area contributed by atoms with E-state index in [2.05, 4.69) is 10.6 Å². The van der Waals surface area contributed by atoms with Crippen LogP contribution in [-0.4, -0.2) is 24.3 Å². The number of furan rings is 1. The van der Waals surface area contributed by atoms with E-state index in [-0.39, 0.29) is 24.1 Å². The average molecular weight is 444 g/mol. The second-order valence-electron chi connectivity index (χ2n) is 7.90. The summed E-state index contributed by atoms with van der Waals surface area (Å²) in [6.07, 6.45) is 4.39. The van der Waals surface area contributed by atoms with Crippen LogP contribution in [0.25, 0.3) is 6.08 Å². The number of anilines is 1. The van der Waals surface area contributed by atoms with Crippen LogP contribution < -0.4 is 15.5 Å². The Morgan fingerprint density at radius 2 is 1.94 bits per heavy atom. The molecule has 1 aliphatic heterocycles. The third-order valence-corrected chi connectivity index (χ3v) is 5.35. The molecule has 0 spiro atoms. The molecule has 168 valence electrons. The Morgan fingerprint density at radius 1 is 1.09 bits per heavy atom. The molecule has 2 N–H and O–H groups in total. The molecule has 1 fully saturated rings. The molecule has 3 amide bonds. The highest BCUT2D eigenvalue weighted by Crippen LogP contribution is 2.22. The first kappa shape index (κ1) is 22.1. The second kappa shape index (κ2) is 9.99. The average Bonchev–Trinajstić information content (AvgIpc) is 3.49. The van der Waals surface area contributed by atoms with Gasteiger partial charge in [-0.2, -0.15) is 0 Å². The van der Waals surface area contributed by atoms with Gasteiger partial charge in [0.05, 0.1) is 6.26 Å². The Bertz CT molecular complexity index is 1200. The Hall–Kier alpha value is -4.13. The molecule has 1 aliphatic rings. The van der Waals surface area contributed by atoms with Gasteiger partial charge in [-0.05, 0) is 55.3 Å². The molecule has 33 heavy (non-hydrogen) atoms. The van der Waals surface area contributed by atoms with Gasteiger partial charge in [0.1, 0.15) is 11.5 Å². The van der Waals surface area contributed by atoms with E-state index >= 15 is 0 Å². The van der Waals surface area contributed by atoms with Crippen molar-refractivity contribution >= 4 is 29.5 Å². The van der Waals surface area contributed by atoms with Crippen LogP contribution in [0, 0.1) is 6.92 Å². The zero-order valence-corrected chi connectivity index (χ0v) is 18.3. The Balaban J connectivity index is 1.48. The molecule has 0 radical (unpaired) electrons. The fourth-order valence-corrected chi connectivity index (χ4v) is 3.69. The molecule has 1 aromatic heterocycles. The van der Waals surface area contributed by atoms with Gasteiger partial charge in [0.15, 0.2) is 0 Å². The monoisotopic (exact) mass is 443 g/mol. The molecule has 7 nitrogen and oxygen atoms in total. The highest BCUT2D eigenvalue weighted by molar-refractivity contribution is 6.05. The summed E-state index contributed by atoms with van der Waals surface area (Å²) in [5.41, 5.74) is 3.14. The van der Waals surface area contributed by atoms with Crippen molar-refractivity contribution in [2.75, 3.05) is 11.4 Å². The molecule has 3 aromatic rings. The highest BCUT2D eigenvalue weighted by atomic mass is 16.3. The number of hydrogen-bond donors (Lipinski definition) is 2. The van der Waals surface area contributed by atoms with Crippen LogP contribution in [0.15, 0.2) is 77.0 Å². The summed E-state index contributed by atoms with van der Waals surface area (Å²) in [5.74, 6) is -0.283. The van der Waals surface area contributed by atoms with Crippen molar-refractivity contribution in [1.29, 1.82) is 0 Å². The number of rotatable bonds is 7. The Kier molecular flexibility index (Phi) is 6.69. The summed E-state index contributed by atoms with van der Waals surface area (Å²) in [6, 6.07) is 18.1. The van der Waals surface area contributed by atoms with Crippen LogP contribution >= 0.6 is 0 Å². The first-order chi connectivity index (χ1) is 16.0. The van der Waals surface area contributed by atoms with Crippen molar-refractivity contribution < 1.29 is 18.8 Å². The van der Waals surface area contributed by atoms with E-state index < -0.39 is 5.91 Å². The molecule has 2 aromatic carbocycles. The van der Waals surface area contributed by atoms with E-state index in [9.17, 15) is 14.4 Å². The zero-order valence-electron chi connectivity index (χ0n) is 18.3. The molecule has 7 heteroatoms. The predicted molar refractivity (Wildman–Crippen MR) is 125 cm³/mol. The van der Waals surface area contributed by atoms with E-state index in [0.717, 1.165) is 23.2 Å². The lowest BCUT2D eigenvalue weighted by molar-refractivity contribution is -0.118. The number of carbonyl (C=O) groups is 3. The largest absolute Gasteiger partial charge is 0.465 e. The van der Waals surface area contributed by atoms with Gasteiger partial charge in [0.25, 0.3) is 11.8 Å². The topological polar surface area (TPSA) is 91.7 Å². The Labute approximate surface area is 192 Å². The minimum atomic E-state index is -0.449. The van der Waals surface area contributed by atoms with Crippen LogP contribution in [0.5, 0.6) is 0 Å². The lowest BCUT2D eigenvalue weighted by Crippen LogP contribution is -2.34. The minimum absolute atomic E-state index is 0.0716. The summed E-state index contributed by atoms with van der Waals surface area (Å²) in [5, 5.41) is 5.54. The maximum atomic E-state index is 13.0. The van der Waals surface area contributed by atoms with E-state index in [4.69, 9.17) is 4.42 Å². The number of nitrogens with zero attached hydrogens (tertiary/aromatic N) is 1. The van der Waals surface area contributed by atoms with Crippen molar-refractivity contribution in [3.63, 3.8) is 0 Å². The molecular formula is C26H25N3O4. The molecule has 4 rings (SSSR count). The molecule has 0 bridgehead atoms. The van der Waals surface area contributed by atoms with Gasteiger partial charge < -0.3 is 20.0 Å². The fourth-order valence-electron chi connectivity index (χ4n) is 3.69. The van der Waals surface area contributed by atoms with Crippen molar-refractivity contribution in [3.8, 4) is 0 Å². The summed E-state index contributed by atoms with van der Waals surface area (Å²) in [6.45, 7) is 2.84. The lowest BCUT2D eigenvalue weighted by Gasteiger charge is -2.17. The number of benzene rings is 2. The third-order valence-electron chi connectivity index (χ3n) is 5.35. The third kappa shape index (κ3) is 5.57. The molecule has 1 saturated heterocycles. The molecule has 2 heterocycles. The SMILES string of the molecule is Cc1cccc(C(=O)N/C(=C\c2ccco2)C(=O)NCc2cccc(N3CCCC3=O)c2)c1. The van der Waals surface area contributed by atoms with Crippen molar-refractivity contribution in [1.82, 2.24) is 10.6 Å². The highest BCUT2D eigenvalue weighted by Gasteiger charge is 2.22. The molecule has 0 unspecified atom stereocenters. The quantitative estimate of drug-likeness (QED) is 0.544. The van der Waals surface area contributed by atoms with E-state index in [1.165, 1.54) is 12.3 Å². The summed E-state index contributed by atoms with van der Waals surface area (Å²) < 4.78 is 5.32. The van der Waals surface area contributed by atoms with Gasteiger partial charge in [-0.25, -0.2) is 0 Å². The van der Waals surface area contributed by atoms with Gasteiger partial charge in [-0.3, -0.25) is 14.4 Å². The number of aryl methyl sites for hydroxylation is 1. The van der Waals surface area contributed by atoms with Gasteiger partial charge >= 0.3 is 0 Å². The molecule has 0 saturated carbocycles. The van der Waals surface area contributed by atoms with Crippen molar-refractivity contribution in [3.05, 3.63) is 95.1 Å². The zero-order chi connectivity index (χ0) is 23.2. The standard InChI is InChI=1S/C26H25N3O4/c1-18-6-2-8-20(14-18)25(31)28-23(16-22-10-5-13-33-22)26(32)27-17-19-7-3-9-21(15-19)29-12-4-11-24(29)30/h2-3,5-10,13-16H,4,11-12,17H2,1H3,(H,27,32)(H,28,31)/b23-16-. The number of carbonyl (C=O) groups excluding carboxylic acids is 3. The van der Waals surface area contributed by atoms with Gasteiger partial charge in [-0.1, -0.05) is 29.8 Å². The first-order valence-electron chi connectivity index (χ1n) is 10.8.